The van der Waals surface area contributed by atoms with Gasteiger partial charge >= 0.3 is 0 Å². The van der Waals surface area contributed by atoms with Crippen LogP contribution in [-0.4, -0.2) is 38.1 Å². The van der Waals surface area contributed by atoms with Gasteiger partial charge in [0.25, 0.3) is 0 Å². The van der Waals surface area contributed by atoms with Gasteiger partial charge in [-0.15, -0.1) is 0 Å². The second-order valence-electron chi connectivity index (χ2n) is 4.73. The van der Waals surface area contributed by atoms with Crippen molar-refractivity contribution in [1.29, 1.82) is 0 Å². The molecule has 2 unspecified atom stereocenters. The Morgan fingerprint density at radius 2 is 2.05 bits per heavy atom. The highest BCUT2D eigenvalue weighted by molar-refractivity contribution is 5.78. The first-order chi connectivity index (χ1) is 9.10. The molecule has 104 valence electrons. The van der Waals surface area contributed by atoms with Crippen LogP contribution in [0.15, 0.2) is 18.2 Å². The van der Waals surface area contributed by atoms with Crippen molar-refractivity contribution in [2.24, 2.45) is 5.73 Å². The number of rotatable bonds is 3. The lowest BCUT2D eigenvalue weighted by molar-refractivity contribution is -0.135. The summed E-state index contributed by atoms with van der Waals surface area (Å²) in [6.07, 6.45) is 1.19. The van der Waals surface area contributed by atoms with Crippen LogP contribution < -0.4 is 15.2 Å². The maximum absolute atomic E-state index is 11.9. The molecule has 1 amide bonds. The number of amides is 1. The highest BCUT2D eigenvalue weighted by Crippen LogP contribution is 2.39. The first-order valence-corrected chi connectivity index (χ1v) is 6.32. The molecule has 19 heavy (non-hydrogen) atoms. The van der Waals surface area contributed by atoms with Crippen LogP contribution in [0, 0.1) is 0 Å². The Bertz CT molecular complexity index is 476. The van der Waals surface area contributed by atoms with Crippen LogP contribution in [0.5, 0.6) is 11.5 Å². The van der Waals surface area contributed by atoms with Crippen molar-refractivity contribution in [2.45, 2.75) is 24.9 Å². The topological polar surface area (TPSA) is 64.8 Å². The van der Waals surface area contributed by atoms with E-state index in [1.54, 1.807) is 26.2 Å². The SMILES string of the molecule is COc1cccc(C2C(N)CCC(=O)N2C)c1OC. The number of likely N-dealkylation sites (tertiary alicyclic amines) is 1. The van der Waals surface area contributed by atoms with E-state index in [4.69, 9.17) is 15.2 Å². The summed E-state index contributed by atoms with van der Waals surface area (Å²) in [5.74, 6) is 1.40. The molecule has 1 fully saturated rings. The van der Waals surface area contributed by atoms with Crippen molar-refractivity contribution in [1.82, 2.24) is 4.90 Å². The van der Waals surface area contributed by atoms with Gasteiger partial charge in [-0.3, -0.25) is 4.79 Å². The Hall–Kier alpha value is -1.75. The second kappa shape index (κ2) is 5.48. The van der Waals surface area contributed by atoms with Gasteiger partial charge in [0.15, 0.2) is 11.5 Å². The van der Waals surface area contributed by atoms with E-state index in [9.17, 15) is 4.79 Å². The van der Waals surface area contributed by atoms with Crippen LogP contribution in [-0.2, 0) is 4.79 Å². The molecule has 0 bridgehead atoms. The Kier molecular flexibility index (Phi) is 3.95. The van der Waals surface area contributed by atoms with E-state index in [0.29, 0.717) is 24.3 Å². The van der Waals surface area contributed by atoms with Gasteiger partial charge in [0.1, 0.15) is 0 Å². The normalized spacial score (nSPS) is 23.4. The average molecular weight is 264 g/mol. The van der Waals surface area contributed by atoms with E-state index in [0.717, 1.165) is 5.56 Å². The fraction of sp³-hybridized carbons (Fsp3) is 0.500. The van der Waals surface area contributed by atoms with Crippen LogP contribution in [0.2, 0.25) is 0 Å². The van der Waals surface area contributed by atoms with E-state index in [1.807, 2.05) is 18.2 Å². The van der Waals surface area contributed by atoms with Gasteiger partial charge in [0, 0.05) is 25.1 Å². The Labute approximate surface area is 113 Å². The minimum atomic E-state index is -0.175. The second-order valence-corrected chi connectivity index (χ2v) is 4.73. The summed E-state index contributed by atoms with van der Waals surface area (Å²) >= 11 is 0. The molecule has 1 aliphatic rings. The summed E-state index contributed by atoms with van der Waals surface area (Å²) in [5, 5.41) is 0. The molecule has 2 atom stereocenters. The molecule has 1 aromatic carbocycles. The van der Waals surface area contributed by atoms with Crippen LogP contribution in [0.1, 0.15) is 24.4 Å². The first kappa shape index (κ1) is 13.7. The average Bonchev–Trinajstić information content (AvgIpc) is 2.43. The lowest BCUT2D eigenvalue weighted by Gasteiger charge is -2.38. The number of carbonyl (C=O) groups excluding carboxylic acids is 1. The maximum atomic E-state index is 11.9. The molecular weight excluding hydrogens is 244 g/mol. The van der Waals surface area contributed by atoms with Gasteiger partial charge in [0.2, 0.25) is 5.91 Å². The van der Waals surface area contributed by atoms with Crippen molar-refractivity contribution in [3.8, 4) is 11.5 Å². The van der Waals surface area contributed by atoms with Crippen LogP contribution in [0.4, 0.5) is 0 Å². The standard InChI is InChI=1S/C14H20N2O3/c1-16-12(17)8-7-10(15)13(16)9-5-4-6-11(18-2)14(9)19-3/h4-6,10,13H,7-8,15H2,1-3H3. The van der Waals surface area contributed by atoms with Gasteiger partial charge in [-0.1, -0.05) is 12.1 Å². The fourth-order valence-corrected chi connectivity index (χ4v) is 2.65. The Morgan fingerprint density at radius 1 is 1.32 bits per heavy atom. The molecule has 1 saturated heterocycles. The fourth-order valence-electron chi connectivity index (χ4n) is 2.65. The van der Waals surface area contributed by atoms with Crippen LogP contribution in [0.3, 0.4) is 0 Å². The summed E-state index contributed by atoms with van der Waals surface area (Å²) in [5.41, 5.74) is 7.08. The number of nitrogens with zero attached hydrogens (tertiary/aromatic N) is 1. The van der Waals surface area contributed by atoms with Crippen molar-refractivity contribution in [3.05, 3.63) is 23.8 Å². The molecule has 0 spiro atoms. The van der Waals surface area contributed by atoms with Crippen molar-refractivity contribution in [3.63, 3.8) is 0 Å². The number of likely N-dealkylation sites (N-methyl/N-ethyl adjacent to an activating group) is 1. The molecule has 1 heterocycles. The summed E-state index contributed by atoms with van der Waals surface area (Å²) in [7, 11) is 4.97. The van der Waals surface area contributed by atoms with Gasteiger partial charge in [-0.2, -0.15) is 0 Å². The maximum Gasteiger partial charge on any atom is 0.222 e. The first-order valence-electron chi connectivity index (χ1n) is 6.32. The smallest absolute Gasteiger partial charge is 0.222 e. The van der Waals surface area contributed by atoms with Crippen molar-refractivity contribution in [2.75, 3.05) is 21.3 Å². The third-order valence-corrected chi connectivity index (χ3v) is 3.66. The number of benzene rings is 1. The highest BCUT2D eigenvalue weighted by atomic mass is 16.5. The number of hydrogen-bond donors (Lipinski definition) is 1. The van der Waals surface area contributed by atoms with Crippen LogP contribution in [0.25, 0.3) is 0 Å². The summed E-state index contributed by atoms with van der Waals surface area (Å²) in [6.45, 7) is 0. The van der Waals surface area contributed by atoms with E-state index in [-0.39, 0.29) is 18.0 Å². The molecule has 2 rings (SSSR count). The quantitative estimate of drug-likeness (QED) is 0.894. The summed E-state index contributed by atoms with van der Waals surface area (Å²) < 4.78 is 10.7. The molecule has 5 nitrogen and oxygen atoms in total. The minimum absolute atomic E-state index is 0.0938. The van der Waals surface area contributed by atoms with E-state index >= 15 is 0 Å². The number of ether oxygens (including phenoxy) is 2. The van der Waals surface area contributed by atoms with Gasteiger partial charge in [-0.25, -0.2) is 0 Å². The molecule has 0 saturated carbocycles. The number of piperidine rings is 1. The molecule has 1 aliphatic heterocycles. The van der Waals surface area contributed by atoms with Crippen molar-refractivity contribution < 1.29 is 14.3 Å². The Balaban J connectivity index is 2.47. The number of carbonyl (C=O) groups is 1. The zero-order valence-electron chi connectivity index (χ0n) is 11.6. The molecule has 0 radical (unpaired) electrons. The summed E-state index contributed by atoms with van der Waals surface area (Å²) in [6, 6.07) is 5.38. The Morgan fingerprint density at radius 3 is 2.68 bits per heavy atom. The third-order valence-electron chi connectivity index (χ3n) is 3.66. The zero-order chi connectivity index (χ0) is 14.0. The molecule has 5 heteroatoms. The number of nitrogens with two attached hydrogens (primary N) is 1. The minimum Gasteiger partial charge on any atom is -0.493 e. The van der Waals surface area contributed by atoms with E-state index in [1.165, 1.54) is 0 Å². The predicted octanol–water partition coefficient (Wildman–Crippen LogP) is 1.32. The number of hydrogen-bond acceptors (Lipinski definition) is 4. The molecule has 2 N–H and O–H groups in total. The zero-order valence-corrected chi connectivity index (χ0v) is 11.6. The van der Waals surface area contributed by atoms with Crippen molar-refractivity contribution >= 4 is 5.91 Å². The van der Waals surface area contributed by atoms with Crippen LogP contribution >= 0.6 is 0 Å². The largest absolute Gasteiger partial charge is 0.493 e. The highest BCUT2D eigenvalue weighted by Gasteiger charge is 2.34. The molecular formula is C14H20N2O3. The molecule has 1 aromatic rings. The van der Waals surface area contributed by atoms with Gasteiger partial charge in [-0.05, 0) is 12.5 Å². The lowest BCUT2D eigenvalue weighted by atomic mass is 9.90. The number of methoxy groups -OCH3 is 2. The molecule has 0 aromatic heterocycles. The van der Waals surface area contributed by atoms with E-state index in [2.05, 4.69) is 0 Å². The van der Waals surface area contributed by atoms with Gasteiger partial charge < -0.3 is 20.1 Å². The molecule has 0 aliphatic carbocycles. The van der Waals surface area contributed by atoms with Gasteiger partial charge in [0.05, 0.1) is 20.3 Å². The van der Waals surface area contributed by atoms with E-state index < -0.39 is 0 Å². The summed E-state index contributed by atoms with van der Waals surface area (Å²) in [4.78, 5) is 13.6. The monoisotopic (exact) mass is 264 g/mol. The lowest BCUT2D eigenvalue weighted by Crippen LogP contribution is -2.46. The third kappa shape index (κ3) is 2.38. The number of para-hydroxylation sites is 1. The predicted molar refractivity (Wildman–Crippen MR) is 72.3 cm³/mol.